The standard InChI is InChI=1S/C21H29N3O2S2/c1-16-6-9-21(27-16)28(25,26)22-15-20(24-11-4-3-5-12-24)17-7-8-19-18(14-17)10-13-23(19)2/h6-9,14,20,22H,3-5,10-13,15H2,1-2H3/t20-/m0/s1. The van der Waals surface area contributed by atoms with Crippen LogP contribution < -0.4 is 9.62 Å². The maximum Gasteiger partial charge on any atom is 0.250 e. The molecule has 4 rings (SSSR count). The summed E-state index contributed by atoms with van der Waals surface area (Å²) in [7, 11) is -1.34. The third-order valence-electron chi connectivity index (χ3n) is 5.89. The molecule has 0 saturated carbocycles. The van der Waals surface area contributed by atoms with Gasteiger partial charge in [-0.3, -0.25) is 4.90 Å². The SMILES string of the molecule is Cc1ccc(S(=O)(=O)NC[C@@H](c2ccc3c(c2)CCN3C)N2CCCCC2)s1. The molecular formula is C21H29N3O2S2. The van der Waals surface area contributed by atoms with Crippen LogP contribution in [0.15, 0.2) is 34.5 Å². The molecule has 0 unspecified atom stereocenters. The number of hydrogen-bond acceptors (Lipinski definition) is 5. The fraction of sp³-hybridized carbons (Fsp3) is 0.524. The molecule has 1 fully saturated rings. The molecular weight excluding hydrogens is 390 g/mol. The number of aryl methyl sites for hydroxylation is 1. The Kier molecular flexibility index (Phi) is 5.78. The number of rotatable bonds is 6. The van der Waals surface area contributed by atoms with E-state index in [1.165, 1.54) is 47.4 Å². The second-order valence-electron chi connectivity index (χ2n) is 7.89. The van der Waals surface area contributed by atoms with E-state index in [0.29, 0.717) is 10.8 Å². The van der Waals surface area contributed by atoms with E-state index in [1.807, 2.05) is 13.0 Å². The number of thiophene rings is 1. The van der Waals surface area contributed by atoms with Gasteiger partial charge in [-0.15, -0.1) is 11.3 Å². The first-order valence-electron chi connectivity index (χ1n) is 10.1. The lowest BCUT2D eigenvalue weighted by molar-refractivity contribution is 0.164. The van der Waals surface area contributed by atoms with Crippen molar-refractivity contribution in [1.82, 2.24) is 9.62 Å². The van der Waals surface area contributed by atoms with Gasteiger partial charge >= 0.3 is 0 Å². The van der Waals surface area contributed by atoms with E-state index in [2.05, 4.69) is 39.8 Å². The highest BCUT2D eigenvalue weighted by Gasteiger charge is 2.27. The predicted octanol–water partition coefficient (Wildman–Crippen LogP) is 3.55. The second kappa shape index (κ2) is 8.14. The number of fused-ring (bicyclic) bond motifs is 1. The highest BCUT2D eigenvalue weighted by molar-refractivity contribution is 7.91. The van der Waals surface area contributed by atoms with Crippen molar-refractivity contribution in [2.45, 2.75) is 42.9 Å². The molecule has 0 aliphatic carbocycles. The van der Waals surface area contributed by atoms with E-state index in [4.69, 9.17) is 0 Å². The molecule has 2 aliphatic heterocycles. The van der Waals surface area contributed by atoms with E-state index in [1.54, 1.807) is 6.07 Å². The summed E-state index contributed by atoms with van der Waals surface area (Å²) >= 11 is 1.32. The molecule has 1 atom stereocenters. The van der Waals surface area contributed by atoms with Crippen molar-refractivity contribution in [2.75, 3.05) is 38.1 Å². The zero-order chi connectivity index (χ0) is 19.7. The van der Waals surface area contributed by atoms with Crippen LogP contribution in [0.4, 0.5) is 5.69 Å². The van der Waals surface area contributed by atoms with Crippen LogP contribution in [0.2, 0.25) is 0 Å². The number of benzene rings is 1. The quantitative estimate of drug-likeness (QED) is 0.778. The minimum absolute atomic E-state index is 0.0762. The first-order chi connectivity index (χ1) is 13.4. The average Bonchev–Trinajstić information content (AvgIpc) is 3.29. The molecule has 2 aliphatic rings. The van der Waals surface area contributed by atoms with E-state index in [0.717, 1.165) is 30.9 Å². The molecule has 5 nitrogen and oxygen atoms in total. The van der Waals surface area contributed by atoms with E-state index >= 15 is 0 Å². The molecule has 1 aromatic carbocycles. The summed E-state index contributed by atoms with van der Waals surface area (Å²) in [6.07, 6.45) is 4.69. The average molecular weight is 420 g/mol. The van der Waals surface area contributed by atoms with Crippen LogP contribution in [0.1, 0.15) is 41.3 Å². The largest absolute Gasteiger partial charge is 0.374 e. The molecule has 1 aromatic heterocycles. The number of nitrogens with one attached hydrogen (secondary N) is 1. The summed E-state index contributed by atoms with van der Waals surface area (Å²) in [5.74, 6) is 0. The smallest absolute Gasteiger partial charge is 0.250 e. The first kappa shape index (κ1) is 19.9. The molecule has 3 heterocycles. The molecule has 1 N–H and O–H groups in total. The van der Waals surface area contributed by atoms with Gasteiger partial charge in [-0.05, 0) is 68.6 Å². The molecule has 28 heavy (non-hydrogen) atoms. The van der Waals surface area contributed by atoms with Gasteiger partial charge in [-0.2, -0.15) is 0 Å². The zero-order valence-corrected chi connectivity index (χ0v) is 18.3. The number of likely N-dealkylation sites (tertiary alicyclic amines) is 1. The van der Waals surface area contributed by atoms with Crippen LogP contribution >= 0.6 is 11.3 Å². The van der Waals surface area contributed by atoms with Crippen LogP contribution in [0.5, 0.6) is 0 Å². The van der Waals surface area contributed by atoms with Crippen LogP contribution in [-0.4, -0.2) is 46.5 Å². The Labute approximate surface area is 172 Å². The number of hydrogen-bond donors (Lipinski definition) is 1. The summed E-state index contributed by atoms with van der Waals surface area (Å²) in [4.78, 5) is 5.75. The Morgan fingerprint density at radius 3 is 2.61 bits per heavy atom. The molecule has 0 spiro atoms. The first-order valence-corrected chi connectivity index (χ1v) is 12.4. The zero-order valence-electron chi connectivity index (χ0n) is 16.6. The Balaban J connectivity index is 1.57. The van der Waals surface area contributed by atoms with Crippen molar-refractivity contribution in [3.05, 3.63) is 46.3 Å². The summed E-state index contributed by atoms with van der Waals surface area (Å²) in [5.41, 5.74) is 3.90. The molecule has 0 radical (unpaired) electrons. The van der Waals surface area contributed by atoms with Gasteiger partial charge in [0.05, 0.1) is 0 Å². The number of piperidine rings is 1. The maximum atomic E-state index is 12.8. The van der Waals surface area contributed by atoms with E-state index in [9.17, 15) is 8.42 Å². The Morgan fingerprint density at radius 2 is 1.89 bits per heavy atom. The molecule has 0 amide bonds. The Morgan fingerprint density at radius 1 is 1.11 bits per heavy atom. The lowest BCUT2D eigenvalue weighted by atomic mass is 9.99. The molecule has 152 valence electrons. The Bertz CT molecular complexity index is 933. The van der Waals surface area contributed by atoms with Crippen molar-refractivity contribution in [3.8, 4) is 0 Å². The minimum atomic E-state index is -3.47. The number of likely N-dealkylation sites (N-methyl/N-ethyl adjacent to an activating group) is 1. The van der Waals surface area contributed by atoms with Gasteiger partial charge in [0.2, 0.25) is 10.0 Å². The highest BCUT2D eigenvalue weighted by atomic mass is 32.2. The van der Waals surface area contributed by atoms with Crippen LogP contribution in [0.3, 0.4) is 0 Å². The van der Waals surface area contributed by atoms with Crippen LogP contribution in [-0.2, 0) is 16.4 Å². The molecule has 0 bridgehead atoms. The van der Waals surface area contributed by atoms with Crippen molar-refractivity contribution >= 4 is 27.0 Å². The Hall–Kier alpha value is -1.41. The van der Waals surface area contributed by atoms with E-state index < -0.39 is 10.0 Å². The molecule has 1 saturated heterocycles. The maximum absolute atomic E-state index is 12.8. The lowest BCUT2D eigenvalue weighted by Gasteiger charge is -2.35. The van der Waals surface area contributed by atoms with Crippen molar-refractivity contribution in [1.29, 1.82) is 0 Å². The summed E-state index contributed by atoms with van der Waals surface area (Å²) in [5, 5.41) is 0. The molecule has 2 aromatic rings. The highest BCUT2D eigenvalue weighted by Crippen LogP contribution is 2.32. The predicted molar refractivity (Wildman–Crippen MR) is 116 cm³/mol. The van der Waals surface area contributed by atoms with Crippen molar-refractivity contribution < 1.29 is 8.42 Å². The van der Waals surface area contributed by atoms with E-state index in [-0.39, 0.29) is 6.04 Å². The van der Waals surface area contributed by atoms with Gasteiger partial charge in [0.1, 0.15) is 4.21 Å². The van der Waals surface area contributed by atoms with Crippen LogP contribution in [0.25, 0.3) is 0 Å². The summed E-state index contributed by atoms with van der Waals surface area (Å²) in [6, 6.07) is 10.3. The fourth-order valence-electron chi connectivity index (χ4n) is 4.30. The minimum Gasteiger partial charge on any atom is -0.374 e. The van der Waals surface area contributed by atoms with Crippen LogP contribution in [0, 0.1) is 6.92 Å². The van der Waals surface area contributed by atoms with Crippen molar-refractivity contribution in [3.63, 3.8) is 0 Å². The number of sulfonamides is 1. The lowest BCUT2D eigenvalue weighted by Crippen LogP contribution is -2.40. The number of anilines is 1. The van der Waals surface area contributed by atoms with Crippen molar-refractivity contribution in [2.24, 2.45) is 0 Å². The summed E-state index contributed by atoms with van der Waals surface area (Å²) < 4.78 is 28.8. The van der Waals surface area contributed by atoms with Gasteiger partial charge < -0.3 is 4.90 Å². The van der Waals surface area contributed by atoms with Gasteiger partial charge in [-0.25, -0.2) is 13.1 Å². The third-order valence-corrected chi connectivity index (χ3v) is 8.81. The third kappa shape index (κ3) is 4.13. The normalized spacial score (nSPS) is 19.0. The summed E-state index contributed by atoms with van der Waals surface area (Å²) in [6.45, 7) is 5.45. The topological polar surface area (TPSA) is 52.7 Å². The van der Waals surface area contributed by atoms with Gasteiger partial charge in [0.25, 0.3) is 0 Å². The fourth-order valence-corrected chi connectivity index (χ4v) is 6.66. The second-order valence-corrected chi connectivity index (χ2v) is 11.2. The number of nitrogens with zero attached hydrogens (tertiary/aromatic N) is 2. The van der Waals surface area contributed by atoms with Gasteiger partial charge in [0, 0.05) is 36.7 Å². The van der Waals surface area contributed by atoms with Gasteiger partial charge in [-0.1, -0.05) is 18.6 Å². The molecule has 7 heteroatoms. The van der Waals surface area contributed by atoms with Gasteiger partial charge in [0.15, 0.2) is 0 Å². The monoisotopic (exact) mass is 419 g/mol.